The fourth-order valence-corrected chi connectivity index (χ4v) is 1.06. The van der Waals surface area contributed by atoms with Crippen molar-refractivity contribution < 1.29 is 0 Å². The summed E-state index contributed by atoms with van der Waals surface area (Å²) in [6, 6.07) is 0.545. The zero-order valence-electron chi connectivity index (χ0n) is 5.64. The molecule has 0 bridgehead atoms. The summed E-state index contributed by atoms with van der Waals surface area (Å²) in [6.07, 6.45) is 6.66. The molecule has 2 nitrogen and oxygen atoms in total. The van der Waals surface area contributed by atoms with Gasteiger partial charge in [-0.15, -0.1) is 0 Å². The van der Waals surface area contributed by atoms with Crippen LogP contribution in [-0.4, -0.2) is 19.1 Å². The minimum absolute atomic E-state index is 0.545. The largest absolute Gasteiger partial charge is 0.330 e. The van der Waals surface area contributed by atoms with Gasteiger partial charge < -0.3 is 11.1 Å². The van der Waals surface area contributed by atoms with Crippen molar-refractivity contribution in [3.63, 3.8) is 0 Å². The Morgan fingerprint density at radius 1 is 1.67 bits per heavy atom. The highest BCUT2D eigenvalue weighted by molar-refractivity contribution is 4.97. The van der Waals surface area contributed by atoms with Crippen LogP contribution < -0.4 is 11.1 Å². The molecule has 1 heterocycles. The van der Waals surface area contributed by atoms with Crippen LogP contribution in [0.3, 0.4) is 0 Å². The molecule has 2 heteroatoms. The van der Waals surface area contributed by atoms with Crippen molar-refractivity contribution in [3.05, 3.63) is 12.2 Å². The van der Waals surface area contributed by atoms with Gasteiger partial charge >= 0.3 is 0 Å². The van der Waals surface area contributed by atoms with Crippen molar-refractivity contribution in [1.82, 2.24) is 5.32 Å². The van der Waals surface area contributed by atoms with Crippen LogP contribution in [0.4, 0.5) is 0 Å². The predicted molar refractivity (Wildman–Crippen MR) is 39.2 cm³/mol. The lowest BCUT2D eigenvalue weighted by Gasteiger charge is -2.16. The molecule has 0 aromatic heterocycles. The highest BCUT2D eigenvalue weighted by Crippen LogP contribution is 1.99. The second-order valence-corrected chi connectivity index (χ2v) is 2.35. The van der Waals surface area contributed by atoms with E-state index in [-0.39, 0.29) is 0 Å². The molecule has 0 aromatic rings. The second-order valence-electron chi connectivity index (χ2n) is 2.35. The van der Waals surface area contributed by atoms with Crippen LogP contribution in [0.2, 0.25) is 0 Å². The summed E-state index contributed by atoms with van der Waals surface area (Å²) in [4.78, 5) is 0. The van der Waals surface area contributed by atoms with Crippen LogP contribution in [0.5, 0.6) is 0 Å². The van der Waals surface area contributed by atoms with Gasteiger partial charge in [-0.05, 0) is 25.9 Å². The summed E-state index contributed by atoms with van der Waals surface area (Å²) in [5.74, 6) is 0. The smallest absolute Gasteiger partial charge is 0.0262 e. The summed E-state index contributed by atoms with van der Waals surface area (Å²) >= 11 is 0. The molecule has 1 aliphatic rings. The Hall–Kier alpha value is -0.340. The Bertz CT molecular complexity index is 99.1. The Labute approximate surface area is 56.1 Å². The van der Waals surface area contributed by atoms with Crippen LogP contribution in [0, 0.1) is 0 Å². The molecule has 52 valence electrons. The first-order valence-corrected chi connectivity index (χ1v) is 3.53. The van der Waals surface area contributed by atoms with Crippen molar-refractivity contribution in [2.24, 2.45) is 5.73 Å². The molecule has 0 spiro atoms. The molecule has 1 unspecified atom stereocenters. The van der Waals surface area contributed by atoms with Crippen LogP contribution in [-0.2, 0) is 0 Å². The molecule has 0 amide bonds. The molecule has 9 heavy (non-hydrogen) atoms. The minimum Gasteiger partial charge on any atom is -0.330 e. The molecule has 3 N–H and O–H groups in total. The molecule has 1 atom stereocenters. The molecule has 0 saturated heterocycles. The molecule has 1 rings (SSSR count). The molecular formula is C7H14N2. The maximum atomic E-state index is 5.39. The van der Waals surface area contributed by atoms with E-state index in [9.17, 15) is 0 Å². The van der Waals surface area contributed by atoms with E-state index in [1.807, 2.05) is 0 Å². The van der Waals surface area contributed by atoms with Gasteiger partial charge in [0, 0.05) is 6.04 Å². The summed E-state index contributed by atoms with van der Waals surface area (Å²) in [5.41, 5.74) is 5.39. The fourth-order valence-electron chi connectivity index (χ4n) is 1.06. The van der Waals surface area contributed by atoms with E-state index in [0.29, 0.717) is 6.04 Å². The molecule has 0 radical (unpaired) electrons. The Balaban J connectivity index is 2.23. The Morgan fingerprint density at radius 3 is 3.11 bits per heavy atom. The molecule has 0 aromatic carbocycles. The summed E-state index contributed by atoms with van der Waals surface area (Å²) in [7, 11) is 0. The third kappa shape index (κ3) is 2.16. The maximum absolute atomic E-state index is 5.39. The minimum atomic E-state index is 0.545. The van der Waals surface area contributed by atoms with Gasteiger partial charge in [-0.3, -0.25) is 0 Å². The van der Waals surface area contributed by atoms with Gasteiger partial charge in [0.25, 0.3) is 0 Å². The Kier molecular flexibility index (Phi) is 2.74. The van der Waals surface area contributed by atoms with Crippen LogP contribution in [0.25, 0.3) is 0 Å². The van der Waals surface area contributed by atoms with Gasteiger partial charge in [0.2, 0.25) is 0 Å². The summed E-state index contributed by atoms with van der Waals surface area (Å²) in [5, 5.41) is 3.35. The van der Waals surface area contributed by atoms with Crippen LogP contribution in [0.1, 0.15) is 12.8 Å². The molecular weight excluding hydrogens is 112 g/mol. The summed E-state index contributed by atoms with van der Waals surface area (Å²) < 4.78 is 0. The number of rotatable bonds is 2. The van der Waals surface area contributed by atoms with Crippen molar-refractivity contribution >= 4 is 0 Å². The third-order valence-corrected chi connectivity index (χ3v) is 1.56. The zero-order valence-corrected chi connectivity index (χ0v) is 5.64. The van der Waals surface area contributed by atoms with E-state index in [2.05, 4.69) is 17.5 Å². The van der Waals surface area contributed by atoms with E-state index in [1.165, 1.54) is 6.42 Å². The van der Waals surface area contributed by atoms with Crippen molar-refractivity contribution in [2.45, 2.75) is 18.9 Å². The first kappa shape index (κ1) is 6.78. The van der Waals surface area contributed by atoms with Gasteiger partial charge in [-0.1, -0.05) is 12.2 Å². The monoisotopic (exact) mass is 126 g/mol. The molecule has 0 aliphatic carbocycles. The van der Waals surface area contributed by atoms with Gasteiger partial charge in [-0.25, -0.2) is 0 Å². The number of hydrogen-bond acceptors (Lipinski definition) is 2. The maximum Gasteiger partial charge on any atom is 0.0262 e. The van der Waals surface area contributed by atoms with E-state index in [0.717, 1.165) is 19.5 Å². The number of nitrogens with two attached hydrogens (primary N) is 1. The van der Waals surface area contributed by atoms with Crippen molar-refractivity contribution in [1.29, 1.82) is 0 Å². The van der Waals surface area contributed by atoms with Crippen LogP contribution >= 0.6 is 0 Å². The van der Waals surface area contributed by atoms with Gasteiger partial charge in [0.1, 0.15) is 0 Å². The van der Waals surface area contributed by atoms with E-state index in [4.69, 9.17) is 5.73 Å². The number of hydrogen-bond donors (Lipinski definition) is 2. The van der Waals surface area contributed by atoms with Gasteiger partial charge in [0.05, 0.1) is 0 Å². The fraction of sp³-hybridized carbons (Fsp3) is 0.714. The quantitative estimate of drug-likeness (QED) is 0.521. The first-order chi connectivity index (χ1) is 4.43. The van der Waals surface area contributed by atoms with Crippen molar-refractivity contribution in [2.75, 3.05) is 13.1 Å². The molecule has 0 saturated carbocycles. The standard InChI is InChI=1S/C7H14N2/c8-5-4-7-3-1-2-6-9-7/h1,3,7,9H,2,4-6,8H2. The highest BCUT2D eigenvalue weighted by Gasteiger charge is 2.03. The lowest BCUT2D eigenvalue weighted by molar-refractivity contribution is 0.548. The third-order valence-electron chi connectivity index (χ3n) is 1.56. The highest BCUT2D eigenvalue weighted by atomic mass is 14.9. The summed E-state index contributed by atoms with van der Waals surface area (Å²) in [6.45, 7) is 1.89. The van der Waals surface area contributed by atoms with Gasteiger partial charge in [0.15, 0.2) is 0 Å². The topological polar surface area (TPSA) is 38.0 Å². The predicted octanol–water partition coefficient (Wildman–Crippen LogP) is 0.253. The zero-order chi connectivity index (χ0) is 6.53. The average Bonchev–Trinajstić information content (AvgIpc) is 1.91. The van der Waals surface area contributed by atoms with E-state index in [1.54, 1.807) is 0 Å². The lowest BCUT2D eigenvalue weighted by atomic mass is 10.1. The lowest BCUT2D eigenvalue weighted by Crippen LogP contribution is -2.32. The molecule has 0 fully saturated rings. The molecule has 1 aliphatic heterocycles. The van der Waals surface area contributed by atoms with E-state index < -0.39 is 0 Å². The van der Waals surface area contributed by atoms with Crippen molar-refractivity contribution in [3.8, 4) is 0 Å². The van der Waals surface area contributed by atoms with E-state index >= 15 is 0 Å². The van der Waals surface area contributed by atoms with Gasteiger partial charge in [-0.2, -0.15) is 0 Å². The average molecular weight is 126 g/mol. The Morgan fingerprint density at radius 2 is 2.56 bits per heavy atom. The SMILES string of the molecule is NCCC1C=CCCN1. The second kappa shape index (κ2) is 3.64. The first-order valence-electron chi connectivity index (χ1n) is 3.53. The normalized spacial score (nSPS) is 26.6. The van der Waals surface area contributed by atoms with Crippen LogP contribution in [0.15, 0.2) is 12.2 Å². The number of nitrogens with one attached hydrogen (secondary N) is 1.